The van der Waals surface area contributed by atoms with Gasteiger partial charge in [-0.1, -0.05) is 36.4 Å². The second-order valence-corrected chi connectivity index (χ2v) is 6.41. The molecule has 0 bridgehead atoms. The lowest BCUT2D eigenvalue weighted by Gasteiger charge is -2.35. The van der Waals surface area contributed by atoms with E-state index in [2.05, 4.69) is 6.07 Å². The zero-order chi connectivity index (χ0) is 18.3. The van der Waals surface area contributed by atoms with Gasteiger partial charge in [0.05, 0.1) is 11.0 Å². The van der Waals surface area contributed by atoms with Gasteiger partial charge < -0.3 is 4.74 Å². The molecule has 2 aromatic carbocycles. The van der Waals surface area contributed by atoms with Gasteiger partial charge in [-0.2, -0.15) is 5.26 Å². The molecule has 0 spiro atoms. The number of nitro benzene ring substituents is 1. The highest BCUT2D eigenvalue weighted by Crippen LogP contribution is 2.47. The lowest BCUT2D eigenvalue weighted by molar-refractivity contribution is -0.384. The third-order valence-electron chi connectivity index (χ3n) is 5.02. The molecule has 1 N–H and O–H groups in total. The summed E-state index contributed by atoms with van der Waals surface area (Å²) in [4.78, 5) is 10.5. The number of ether oxygens (including phenoxy) is 1. The number of nitro groups is 1. The summed E-state index contributed by atoms with van der Waals surface area (Å²) in [7, 11) is 0. The summed E-state index contributed by atoms with van der Waals surface area (Å²) < 4.78 is 5.77. The third-order valence-corrected chi connectivity index (χ3v) is 5.02. The Hall–Kier alpha value is -3.46. The van der Waals surface area contributed by atoms with Crippen molar-refractivity contribution >= 4 is 17.3 Å². The van der Waals surface area contributed by atoms with Gasteiger partial charge in [0, 0.05) is 23.6 Å². The molecular weight excluding hydrogens is 330 g/mol. The molecule has 2 atom stereocenters. The predicted octanol–water partition coefficient (Wildman–Crippen LogP) is 4.18. The van der Waals surface area contributed by atoms with E-state index in [0.29, 0.717) is 5.76 Å². The lowest BCUT2D eigenvalue weighted by atomic mass is 9.73. The van der Waals surface area contributed by atoms with Crippen molar-refractivity contribution in [2.75, 3.05) is 0 Å². The largest absolute Gasteiger partial charge is 0.442 e. The predicted molar refractivity (Wildman–Crippen MR) is 95.4 cm³/mol. The fourth-order valence-corrected chi connectivity index (χ4v) is 3.79. The summed E-state index contributed by atoms with van der Waals surface area (Å²) in [5.41, 5.74) is 3.91. The van der Waals surface area contributed by atoms with Gasteiger partial charge in [-0.3, -0.25) is 15.5 Å². The minimum Gasteiger partial charge on any atom is -0.442 e. The second kappa shape index (κ2) is 6.12. The van der Waals surface area contributed by atoms with Crippen molar-refractivity contribution in [3.63, 3.8) is 0 Å². The van der Waals surface area contributed by atoms with Crippen LogP contribution in [0.15, 0.2) is 54.1 Å². The van der Waals surface area contributed by atoms with E-state index in [-0.39, 0.29) is 17.5 Å². The number of aryl methyl sites for hydroxylation is 1. The molecule has 6 heteroatoms. The average molecular weight is 345 g/mol. The van der Waals surface area contributed by atoms with E-state index in [1.165, 1.54) is 12.1 Å². The molecule has 0 aromatic heterocycles. The van der Waals surface area contributed by atoms with Gasteiger partial charge in [0.15, 0.2) is 0 Å². The van der Waals surface area contributed by atoms with Crippen LogP contribution in [0.3, 0.4) is 0 Å². The highest BCUT2D eigenvalue weighted by atomic mass is 16.6. The molecule has 6 nitrogen and oxygen atoms in total. The Labute approximate surface area is 150 Å². The minimum absolute atomic E-state index is 0.00702. The van der Waals surface area contributed by atoms with Gasteiger partial charge >= 0.3 is 0 Å². The number of hydrogen-bond acceptors (Lipinski definition) is 5. The molecule has 2 aromatic rings. The summed E-state index contributed by atoms with van der Waals surface area (Å²) in [5, 5.41) is 28.7. The monoisotopic (exact) mass is 345 g/mol. The van der Waals surface area contributed by atoms with Crippen LogP contribution < -0.4 is 0 Å². The molecule has 2 aliphatic rings. The molecule has 4 rings (SSSR count). The number of nitrogens with zero attached hydrogens (tertiary/aromatic N) is 2. The normalized spacial score (nSPS) is 21.3. The van der Waals surface area contributed by atoms with Crippen LogP contribution in [0.2, 0.25) is 0 Å². The first kappa shape index (κ1) is 16.0. The first-order valence-electron chi connectivity index (χ1n) is 8.31. The Morgan fingerprint density at radius 2 is 1.88 bits per heavy atom. The summed E-state index contributed by atoms with van der Waals surface area (Å²) in [5.74, 6) is -0.483. The van der Waals surface area contributed by atoms with Crippen LogP contribution in [0.4, 0.5) is 5.69 Å². The lowest BCUT2D eigenvalue weighted by Crippen LogP contribution is -2.31. The van der Waals surface area contributed by atoms with Gasteiger partial charge in [-0.05, 0) is 29.5 Å². The van der Waals surface area contributed by atoms with E-state index in [1.807, 2.05) is 24.3 Å². The summed E-state index contributed by atoms with van der Waals surface area (Å²) in [6.07, 6.45) is 1.58. The summed E-state index contributed by atoms with van der Waals surface area (Å²) in [6.45, 7) is 0. The Morgan fingerprint density at radius 3 is 2.58 bits per heavy atom. The third kappa shape index (κ3) is 2.45. The Bertz CT molecular complexity index is 986. The molecular formula is C20H15N3O3. The van der Waals surface area contributed by atoms with Gasteiger partial charge in [0.1, 0.15) is 11.7 Å². The summed E-state index contributed by atoms with van der Waals surface area (Å²) in [6, 6.07) is 16.3. The molecule has 128 valence electrons. The molecule has 0 fully saturated rings. The van der Waals surface area contributed by atoms with E-state index in [4.69, 9.17) is 10.1 Å². The Kier molecular flexibility index (Phi) is 3.77. The molecule has 0 amide bonds. The van der Waals surface area contributed by atoms with Crippen LogP contribution in [0, 0.1) is 32.8 Å². The molecule has 2 unspecified atom stereocenters. The van der Waals surface area contributed by atoms with Crippen molar-refractivity contribution < 1.29 is 9.66 Å². The SMILES string of the molecule is N#CC1C(=N)OC2=C(CCc3ccccc32)C1c1ccc([N+](=O)[O-])cc1. The molecule has 1 aliphatic carbocycles. The zero-order valence-corrected chi connectivity index (χ0v) is 13.8. The van der Waals surface area contributed by atoms with Gasteiger partial charge in [0.25, 0.3) is 5.69 Å². The highest BCUT2D eigenvalue weighted by Gasteiger charge is 2.40. The number of hydrogen-bond donors (Lipinski definition) is 1. The number of nitriles is 1. The van der Waals surface area contributed by atoms with E-state index in [1.54, 1.807) is 12.1 Å². The molecule has 0 saturated carbocycles. The average Bonchev–Trinajstić information content (AvgIpc) is 2.67. The first-order valence-corrected chi connectivity index (χ1v) is 8.31. The number of nitrogens with one attached hydrogen (secondary N) is 1. The maximum absolute atomic E-state index is 10.9. The van der Waals surface area contributed by atoms with Crippen LogP contribution in [0.5, 0.6) is 0 Å². The molecule has 0 radical (unpaired) electrons. The van der Waals surface area contributed by atoms with Gasteiger partial charge in [-0.15, -0.1) is 0 Å². The van der Waals surface area contributed by atoms with Crippen LogP contribution in [-0.2, 0) is 11.2 Å². The maximum Gasteiger partial charge on any atom is 0.269 e. The highest BCUT2D eigenvalue weighted by molar-refractivity contribution is 5.90. The Morgan fingerprint density at radius 1 is 1.15 bits per heavy atom. The fraction of sp³-hybridized carbons (Fsp3) is 0.200. The zero-order valence-electron chi connectivity index (χ0n) is 13.8. The van der Waals surface area contributed by atoms with Crippen LogP contribution in [-0.4, -0.2) is 10.8 Å². The van der Waals surface area contributed by atoms with Crippen molar-refractivity contribution in [2.24, 2.45) is 5.92 Å². The van der Waals surface area contributed by atoms with Crippen molar-refractivity contribution in [3.8, 4) is 6.07 Å². The second-order valence-electron chi connectivity index (χ2n) is 6.41. The van der Waals surface area contributed by atoms with Gasteiger partial charge in [0.2, 0.25) is 5.90 Å². The fourth-order valence-electron chi connectivity index (χ4n) is 3.79. The first-order chi connectivity index (χ1) is 12.6. The van der Waals surface area contributed by atoms with Crippen molar-refractivity contribution in [2.45, 2.75) is 18.8 Å². The number of benzene rings is 2. The molecule has 0 saturated heterocycles. The number of non-ortho nitro benzene ring substituents is 1. The van der Waals surface area contributed by atoms with Crippen molar-refractivity contribution in [1.29, 1.82) is 10.7 Å². The topological polar surface area (TPSA) is 100 Å². The van der Waals surface area contributed by atoms with Gasteiger partial charge in [-0.25, -0.2) is 0 Å². The minimum atomic E-state index is -0.736. The number of allylic oxidation sites excluding steroid dienone is 1. The standard InChI is InChI=1S/C20H15N3O3/c21-11-17-18(13-5-8-14(9-6-13)23(24)25)16-10-7-12-3-1-2-4-15(12)19(16)26-20(17)22/h1-6,8-9,17-18,22H,7,10H2. The van der Waals surface area contributed by atoms with E-state index < -0.39 is 10.8 Å². The van der Waals surface area contributed by atoms with Crippen molar-refractivity contribution in [3.05, 3.63) is 80.9 Å². The Balaban J connectivity index is 1.86. The molecule has 1 heterocycles. The van der Waals surface area contributed by atoms with E-state index >= 15 is 0 Å². The molecule has 26 heavy (non-hydrogen) atoms. The van der Waals surface area contributed by atoms with Crippen molar-refractivity contribution in [1.82, 2.24) is 0 Å². The number of fused-ring (bicyclic) bond motifs is 2. The van der Waals surface area contributed by atoms with Crippen LogP contribution in [0.25, 0.3) is 5.76 Å². The summed E-state index contributed by atoms with van der Waals surface area (Å²) >= 11 is 0. The van der Waals surface area contributed by atoms with E-state index in [0.717, 1.165) is 35.1 Å². The molecule has 1 aliphatic heterocycles. The number of rotatable bonds is 2. The van der Waals surface area contributed by atoms with Crippen LogP contribution >= 0.6 is 0 Å². The van der Waals surface area contributed by atoms with E-state index in [9.17, 15) is 15.4 Å². The maximum atomic E-state index is 10.9. The quantitative estimate of drug-likeness (QED) is 0.651. The smallest absolute Gasteiger partial charge is 0.269 e. The van der Waals surface area contributed by atoms with Crippen LogP contribution in [0.1, 0.15) is 29.0 Å².